The molecular weight excluding hydrogens is 332 g/mol. The fourth-order valence-electron chi connectivity index (χ4n) is 2.89. The smallest absolute Gasteiger partial charge is 0.410 e. The highest BCUT2D eigenvalue weighted by Crippen LogP contribution is 2.17. The molecule has 136 valence electrons. The van der Waals surface area contributed by atoms with Crippen molar-refractivity contribution in [1.29, 1.82) is 0 Å². The van der Waals surface area contributed by atoms with Crippen molar-refractivity contribution >= 4 is 12.0 Å². The van der Waals surface area contributed by atoms with Gasteiger partial charge in [0, 0.05) is 19.6 Å². The summed E-state index contributed by atoms with van der Waals surface area (Å²) in [4.78, 5) is 25.9. The van der Waals surface area contributed by atoms with Crippen LogP contribution >= 0.6 is 0 Å². The van der Waals surface area contributed by atoms with Gasteiger partial charge in [0.2, 0.25) is 0 Å². The minimum Gasteiger partial charge on any atom is -0.445 e. The number of likely N-dealkylation sites (tertiary alicyclic amines) is 1. The van der Waals surface area contributed by atoms with Gasteiger partial charge in [-0.2, -0.15) is 10.2 Å². The Morgan fingerprint density at radius 3 is 2.58 bits per heavy atom. The van der Waals surface area contributed by atoms with Crippen LogP contribution in [0, 0.1) is 5.92 Å². The first-order valence-corrected chi connectivity index (χ1v) is 8.73. The van der Waals surface area contributed by atoms with Gasteiger partial charge in [0.1, 0.15) is 6.61 Å². The Hall–Kier alpha value is -2.96. The molecule has 0 aliphatic carbocycles. The van der Waals surface area contributed by atoms with Crippen LogP contribution in [-0.4, -0.2) is 46.7 Å². The van der Waals surface area contributed by atoms with Gasteiger partial charge in [0.15, 0.2) is 0 Å². The van der Waals surface area contributed by atoms with Gasteiger partial charge in [-0.15, -0.1) is 0 Å². The molecule has 0 atom stereocenters. The number of carbonyl (C=O) groups excluding carboxylic acids is 2. The molecule has 1 aliphatic heterocycles. The summed E-state index contributed by atoms with van der Waals surface area (Å²) in [7, 11) is 0. The lowest BCUT2D eigenvalue weighted by atomic mass is 9.97. The molecule has 2 heterocycles. The molecule has 0 saturated carbocycles. The summed E-state index contributed by atoms with van der Waals surface area (Å²) in [6.45, 7) is 2.17. The molecule has 1 saturated heterocycles. The van der Waals surface area contributed by atoms with E-state index in [9.17, 15) is 9.59 Å². The maximum absolute atomic E-state index is 12.2. The summed E-state index contributed by atoms with van der Waals surface area (Å²) in [5, 5.41) is 10.3. The van der Waals surface area contributed by atoms with Crippen molar-refractivity contribution in [1.82, 2.24) is 20.4 Å². The predicted octanol–water partition coefficient (Wildman–Crippen LogP) is 2.26. The number of piperidine rings is 1. The number of rotatable bonds is 5. The molecule has 1 N–H and O–H groups in total. The van der Waals surface area contributed by atoms with Crippen LogP contribution < -0.4 is 5.32 Å². The van der Waals surface area contributed by atoms with Gasteiger partial charge in [0.25, 0.3) is 5.91 Å². The lowest BCUT2D eigenvalue weighted by Crippen LogP contribution is -2.41. The number of amides is 2. The first-order valence-electron chi connectivity index (χ1n) is 8.73. The van der Waals surface area contributed by atoms with Crippen LogP contribution in [0.25, 0.3) is 0 Å². The molecule has 26 heavy (non-hydrogen) atoms. The minimum absolute atomic E-state index is 0.149. The normalized spacial score (nSPS) is 14.7. The largest absolute Gasteiger partial charge is 0.445 e. The molecule has 0 unspecified atom stereocenters. The monoisotopic (exact) mass is 354 g/mol. The van der Waals surface area contributed by atoms with Gasteiger partial charge in [-0.05, 0) is 30.4 Å². The van der Waals surface area contributed by atoms with Gasteiger partial charge in [0.05, 0.1) is 18.0 Å². The third-order valence-corrected chi connectivity index (χ3v) is 4.48. The van der Waals surface area contributed by atoms with Crippen molar-refractivity contribution in [3.05, 3.63) is 59.9 Å². The van der Waals surface area contributed by atoms with E-state index in [4.69, 9.17) is 4.74 Å². The predicted molar refractivity (Wildman–Crippen MR) is 95.3 cm³/mol. The van der Waals surface area contributed by atoms with Crippen molar-refractivity contribution in [3.63, 3.8) is 0 Å². The zero-order chi connectivity index (χ0) is 18.2. The van der Waals surface area contributed by atoms with Crippen LogP contribution in [-0.2, 0) is 11.3 Å². The van der Waals surface area contributed by atoms with Crippen molar-refractivity contribution in [3.8, 4) is 0 Å². The molecule has 0 radical (unpaired) electrons. The summed E-state index contributed by atoms with van der Waals surface area (Å²) in [5.74, 6) is 0.205. The van der Waals surface area contributed by atoms with Crippen LogP contribution in [0.1, 0.15) is 28.8 Å². The van der Waals surface area contributed by atoms with E-state index in [1.807, 2.05) is 30.3 Å². The molecule has 0 spiro atoms. The van der Waals surface area contributed by atoms with E-state index in [1.165, 1.54) is 12.4 Å². The van der Waals surface area contributed by atoms with Crippen LogP contribution in [0.5, 0.6) is 0 Å². The molecule has 2 amide bonds. The molecule has 7 nitrogen and oxygen atoms in total. The number of hydrogen-bond acceptors (Lipinski definition) is 5. The first kappa shape index (κ1) is 17.8. The summed E-state index contributed by atoms with van der Waals surface area (Å²) in [6, 6.07) is 11.3. The number of nitrogens with zero attached hydrogens (tertiary/aromatic N) is 3. The van der Waals surface area contributed by atoms with Gasteiger partial charge >= 0.3 is 6.09 Å². The van der Waals surface area contributed by atoms with Crippen molar-refractivity contribution in [2.75, 3.05) is 19.6 Å². The van der Waals surface area contributed by atoms with Crippen molar-refractivity contribution < 1.29 is 14.3 Å². The van der Waals surface area contributed by atoms with E-state index in [0.717, 1.165) is 18.4 Å². The Morgan fingerprint density at radius 1 is 1.12 bits per heavy atom. The van der Waals surface area contributed by atoms with Gasteiger partial charge in [-0.3, -0.25) is 4.79 Å². The van der Waals surface area contributed by atoms with E-state index in [2.05, 4.69) is 15.5 Å². The second-order valence-electron chi connectivity index (χ2n) is 6.31. The minimum atomic E-state index is -0.279. The average molecular weight is 354 g/mol. The Kier molecular flexibility index (Phi) is 6.14. The third-order valence-electron chi connectivity index (χ3n) is 4.48. The van der Waals surface area contributed by atoms with E-state index in [0.29, 0.717) is 31.1 Å². The zero-order valence-electron chi connectivity index (χ0n) is 14.5. The topological polar surface area (TPSA) is 84.4 Å². The fraction of sp³-hybridized carbons (Fsp3) is 0.368. The van der Waals surface area contributed by atoms with Crippen LogP contribution in [0.2, 0.25) is 0 Å². The van der Waals surface area contributed by atoms with Crippen LogP contribution in [0.3, 0.4) is 0 Å². The summed E-state index contributed by atoms with van der Waals surface area (Å²) < 4.78 is 5.36. The summed E-state index contributed by atoms with van der Waals surface area (Å²) in [5.41, 5.74) is 1.48. The molecule has 3 rings (SSSR count). The lowest BCUT2D eigenvalue weighted by molar-refractivity contribution is 0.0800. The van der Waals surface area contributed by atoms with E-state index in [1.54, 1.807) is 11.0 Å². The van der Waals surface area contributed by atoms with Gasteiger partial charge in [-0.1, -0.05) is 30.3 Å². The summed E-state index contributed by atoms with van der Waals surface area (Å²) >= 11 is 0. The molecule has 0 bridgehead atoms. The van der Waals surface area contributed by atoms with Crippen LogP contribution in [0.4, 0.5) is 4.79 Å². The van der Waals surface area contributed by atoms with Gasteiger partial charge in [-0.25, -0.2) is 4.79 Å². The van der Waals surface area contributed by atoms with Gasteiger partial charge < -0.3 is 15.0 Å². The average Bonchev–Trinajstić information content (AvgIpc) is 2.72. The Balaban J connectivity index is 1.37. The molecule has 7 heteroatoms. The SMILES string of the molecule is O=C(NCC1CCN(C(=O)OCc2ccccc2)CC1)c1ccnnc1. The van der Waals surface area contributed by atoms with Crippen LogP contribution in [0.15, 0.2) is 48.8 Å². The highest BCUT2D eigenvalue weighted by Gasteiger charge is 2.24. The standard InChI is InChI=1S/C19H22N4O3/c24-18(17-6-9-21-22-13-17)20-12-15-7-10-23(11-8-15)19(25)26-14-16-4-2-1-3-5-16/h1-6,9,13,15H,7-8,10-12,14H2,(H,20,24). The molecule has 2 aromatic rings. The maximum atomic E-state index is 12.2. The third kappa shape index (κ3) is 5.02. The molecular formula is C19H22N4O3. The van der Waals surface area contributed by atoms with Crippen molar-refractivity contribution in [2.24, 2.45) is 5.92 Å². The fourth-order valence-corrected chi connectivity index (χ4v) is 2.89. The maximum Gasteiger partial charge on any atom is 0.410 e. The highest BCUT2D eigenvalue weighted by atomic mass is 16.6. The zero-order valence-corrected chi connectivity index (χ0v) is 14.5. The quantitative estimate of drug-likeness (QED) is 0.890. The first-order chi connectivity index (χ1) is 12.7. The molecule has 1 aromatic heterocycles. The second-order valence-corrected chi connectivity index (χ2v) is 6.31. The number of ether oxygens (including phenoxy) is 1. The number of benzene rings is 1. The number of carbonyl (C=O) groups is 2. The second kappa shape index (κ2) is 8.94. The molecule has 1 aromatic carbocycles. The molecule has 1 fully saturated rings. The van der Waals surface area contributed by atoms with E-state index < -0.39 is 0 Å². The number of nitrogens with one attached hydrogen (secondary N) is 1. The van der Waals surface area contributed by atoms with E-state index >= 15 is 0 Å². The Labute approximate surface area is 152 Å². The summed E-state index contributed by atoms with van der Waals surface area (Å²) in [6.07, 6.45) is 4.35. The van der Waals surface area contributed by atoms with E-state index in [-0.39, 0.29) is 18.6 Å². The highest BCUT2D eigenvalue weighted by molar-refractivity contribution is 5.93. The van der Waals surface area contributed by atoms with Crippen molar-refractivity contribution in [2.45, 2.75) is 19.4 Å². The number of hydrogen-bond donors (Lipinski definition) is 1. The lowest BCUT2D eigenvalue weighted by Gasteiger charge is -2.31. The Bertz CT molecular complexity index is 716. The number of aromatic nitrogens is 2. The Morgan fingerprint density at radius 2 is 1.88 bits per heavy atom. The molecule has 1 aliphatic rings.